The van der Waals surface area contributed by atoms with Crippen molar-refractivity contribution in [3.63, 3.8) is 0 Å². The number of hydrogen-bond acceptors (Lipinski definition) is 1. The van der Waals surface area contributed by atoms with Crippen LogP contribution in [0.2, 0.25) is 0 Å². The largest absolute Gasteiger partial charge is 0.294 e. The molecule has 2 atom stereocenters. The Balaban J connectivity index is 1.88. The maximum Gasteiger partial charge on any atom is 0.166 e. The predicted octanol–water partition coefficient (Wildman–Crippen LogP) is 4.84. The first-order chi connectivity index (χ1) is 9.86. The highest BCUT2D eigenvalue weighted by Gasteiger charge is 2.32. The predicted molar refractivity (Wildman–Crippen MR) is 81.9 cm³/mol. The van der Waals surface area contributed by atoms with Crippen LogP contribution in [0.4, 0.5) is 0 Å². The van der Waals surface area contributed by atoms with Crippen LogP contribution < -0.4 is 0 Å². The summed E-state index contributed by atoms with van der Waals surface area (Å²) in [4.78, 5) is 12.8. The molecule has 0 aliphatic heterocycles. The van der Waals surface area contributed by atoms with E-state index < -0.39 is 0 Å². The Morgan fingerprint density at radius 3 is 2.10 bits per heavy atom. The zero-order valence-corrected chi connectivity index (χ0v) is 11.7. The molecular weight excluding hydrogens is 244 g/mol. The second-order valence-corrected chi connectivity index (χ2v) is 5.64. The van der Waals surface area contributed by atoms with Crippen molar-refractivity contribution < 1.29 is 4.79 Å². The summed E-state index contributed by atoms with van der Waals surface area (Å²) in [5.41, 5.74) is 2.18. The molecule has 102 valence electrons. The van der Waals surface area contributed by atoms with E-state index in [9.17, 15) is 4.79 Å². The zero-order chi connectivity index (χ0) is 13.8. The normalized spacial score (nSPS) is 22.4. The standard InChI is InChI=1S/C19H20O/c20-19(16-11-5-2-6-12-16)18-14-8-7-13-17(18)15-9-3-1-4-10-15/h1-6,9-12,17-18H,7-8,13-14H2/t17-,18-/m1/s1. The van der Waals surface area contributed by atoms with E-state index in [1.54, 1.807) is 0 Å². The molecule has 0 aromatic heterocycles. The van der Waals surface area contributed by atoms with Gasteiger partial charge in [-0.15, -0.1) is 0 Å². The van der Waals surface area contributed by atoms with Gasteiger partial charge in [0.25, 0.3) is 0 Å². The van der Waals surface area contributed by atoms with Gasteiger partial charge in [-0.05, 0) is 24.3 Å². The minimum atomic E-state index is 0.147. The number of benzene rings is 2. The summed E-state index contributed by atoms with van der Waals surface area (Å²) in [5, 5.41) is 0. The van der Waals surface area contributed by atoms with E-state index in [-0.39, 0.29) is 5.92 Å². The second kappa shape index (κ2) is 6.04. The number of hydrogen-bond donors (Lipinski definition) is 0. The lowest BCUT2D eigenvalue weighted by Crippen LogP contribution is -2.25. The fraction of sp³-hybridized carbons (Fsp3) is 0.316. The first-order valence-corrected chi connectivity index (χ1v) is 7.50. The lowest BCUT2D eigenvalue weighted by Gasteiger charge is -2.31. The van der Waals surface area contributed by atoms with E-state index in [0.29, 0.717) is 11.7 Å². The van der Waals surface area contributed by atoms with Crippen molar-refractivity contribution in [3.8, 4) is 0 Å². The van der Waals surface area contributed by atoms with Gasteiger partial charge in [-0.3, -0.25) is 4.79 Å². The first-order valence-electron chi connectivity index (χ1n) is 7.50. The van der Waals surface area contributed by atoms with Gasteiger partial charge in [-0.25, -0.2) is 0 Å². The Labute approximate surface area is 120 Å². The molecule has 1 fully saturated rings. The lowest BCUT2D eigenvalue weighted by molar-refractivity contribution is 0.0868. The van der Waals surface area contributed by atoms with Crippen LogP contribution in [0.1, 0.15) is 47.5 Å². The Morgan fingerprint density at radius 2 is 1.40 bits per heavy atom. The monoisotopic (exact) mass is 264 g/mol. The van der Waals surface area contributed by atoms with Crippen LogP contribution in [-0.2, 0) is 0 Å². The molecule has 1 aliphatic carbocycles. The van der Waals surface area contributed by atoms with Crippen molar-refractivity contribution in [2.24, 2.45) is 5.92 Å². The third kappa shape index (κ3) is 2.67. The molecule has 0 saturated heterocycles. The molecule has 1 nitrogen and oxygen atoms in total. The maximum absolute atomic E-state index is 12.8. The minimum absolute atomic E-state index is 0.147. The van der Waals surface area contributed by atoms with Crippen LogP contribution >= 0.6 is 0 Å². The van der Waals surface area contributed by atoms with Gasteiger partial charge in [0.1, 0.15) is 0 Å². The summed E-state index contributed by atoms with van der Waals surface area (Å²) in [7, 11) is 0. The molecule has 0 bridgehead atoms. The molecule has 0 radical (unpaired) electrons. The topological polar surface area (TPSA) is 17.1 Å². The average molecular weight is 264 g/mol. The summed E-state index contributed by atoms with van der Waals surface area (Å²) in [6.45, 7) is 0. The van der Waals surface area contributed by atoms with E-state index in [4.69, 9.17) is 0 Å². The van der Waals surface area contributed by atoms with Gasteiger partial charge in [0.05, 0.1) is 0 Å². The van der Waals surface area contributed by atoms with Crippen LogP contribution in [0, 0.1) is 5.92 Å². The van der Waals surface area contributed by atoms with Gasteiger partial charge < -0.3 is 0 Å². The third-order valence-corrected chi connectivity index (χ3v) is 4.39. The number of carbonyl (C=O) groups excluding carboxylic acids is 1. The summed E-state index contributed by atoms with van der Waals surface area (Å²) < 4.78 is 0. The van der Waals surface area contributed by atoms with Gasteiger partial charge in [0.15, 0.2) is 5.78 Å². The van der Waals surface area contributed by atoms with E-state index in [1.165, 1.54) is 18.4 Å². The summed E-state index contributed by atoms with van der Waals surface area (Å²) in [6.07, 6.45) is 4.56. The van der Waals surface area contributed by atoms with Crippen LogP contribution in [0.3, 0.4) is 0 Å². The molecule has 0 unspecified atom stereocenters. The fourth-order valence-electron chi connectivity index (χ4n) is 3.36. The van der Waals surface area contributed by atoms with E-state index in [2.05, 4.69) is 24.3 Å². The third-order valence-electron chi connectivity index (χ3n) is 4.39. The highest BCUT2D eigenvalue weighted by atomic mass is 16.1. The van der Waals surface area contributed by atoms with E-state index >= 15 is 0 Å². The SMILES string of the molecule is O=C(c1ccccc1)[C@@H]1CCCC[C@@H]1c1ccccc1. The second-order valence-electron chi connectivity index (χ2n) is 5.64. The number of rotatable bonds is 3. The van der Waals surface area contributed by atoms with Crippen molar-refractivity contribution in [2.75, 3.05) is 0 Å². The highest BCUT2D eigenvalue weighted by Crippen LogP contribution is 2.39. The average Bonchev–Trinajstić information content (AvgIpc) is 2.56. The Morgan fingerprint density at radius 1 is 0.800 bits per heavy atom. The van der Waals surface area contributed by atoms with Gasteiger partial charge in [0, 0.05) is 11.5 Å². The highest BCUT2D eigenvalue weighted by molar-refractivity contribution is 5.98. The van der Waals surface area contributed by atoms with Crippen LogP contribution in [0.25, 0.3) is 0 Å². The quantitative estimate of drug-likeness (QED) is 0.725. The molecule has 20 heavy (non-hydrogen) atoms. The fourth-order valence-corrected chi connectivity index (χ4v) is 3.36. The smallest absolute Gasteiger partial charge is 0.166 e. The van der Waals surface area contributed by atoms with Gasteiger partial charge in [-0.2, -0.15) is 0 Å². The van der Waals surface area contributed by atoms with E-state index in [1.807, 2.05) is 36.4 Å². The maximum atomic E-state index is 12.8. The summed E-state index contributed by atoms with van der Waals surface area (Å²) in [5.74, 6) is 0.852. The number of ketones is 1. The number of Topliss-reactive ketones (excluding diaryl/α,β-unsaturated/α-hetero) is 1. The number of carbonyl (C=O) groups is 1. The first kappa shape index (κ1) is 13.1. The van der Waals surface area contributed by atoms with Gasteiger partial charge >= 0.3 is 0 Å². The molecule has 0 N–H and O–H groups in total. The van der Waals surface area contributed by atoms with Gasteiger partial charge in [0.2, 0.25) is 0 Å². The molecule has 0 amide bonds. The molecule has 0 heterocycles. The molecular formula is C19H20O. The zero-order valence-electron chi connectivity index (χ0n) is 11.7. The lowest BCUT2D eigenvalue weighted by atomic mass is 9.72. The molecule has 1 aliphatic rings. The van der Waals surface area contributed by atoms with Crippen molar-refractivity contribution >= 4 is 5.78 Å². The molecule has 2 aromatic carbocycles. The van der Waals surface area contributed by atoms with E-state index in [0.717, 1.165) is 18.4 Å². The van der Waals surface area contributed by atoms with Crippen molar-refractivity contribution in [1.29, 1.82) is 0 Å². The summed E-state index contributed by atoms with van der Waals surface area (Å²) in [6, 6.07) is 20.3. The van der Waals surface area contributed by atoms with Crippen molar-refractivity contribution in [3.05, 3.63) is 71.8 Å². The van der Waals surface area contributed by atoms with Crippen LogP contribution in [0.5, 0.6) is 0 Å². The van der Waals surface area contributed by atoms with Crippen molar-refractivity contribution in [2.45, 2.75) is 31.6 Å². The molecule has 2 aromatic rings. The van der Waals surface area contributed by atoms with Crippen molar-refractivity contribution in [1.82, 2.24) is 0 Å². The molecule has 0 spiro atoms. The summed E-state index contributed by atoms with van der Waals surface area (Å²) >= 11 is 0. The van der Waals surface area contributed by atoms with Crippen LogP contribution in [-0.4, -0.2) is 5.78 Å². The minimum Gasteiger partial charge on any atom is -0.294 e. The Bertz CT molecular complexity index is 559. The molecule has 1 heteroatoms. The van der Waals surface area contributed by atoms with Crippen LogP contribution in [0.15, 0.2) is 60.7 Å². The Hall–Kier alpha value is -1.89. The Kier molecular flexibility index (Phi) is 3.96. The van der Waals surface area contributed by atoms with Gasteiger partial charge in [-0.1, -0.05) is 73.5 Å². The molecule has 1 saturated carbocycles. The molecule has 3 rings (SSSR count).